The summed E-state index contributed by atoms with van der Waals surface area (Å²) >= 11 is 6.22. The number of para-hydroxylation sites is 2. The van der Waals surface area contributed by atoms with Gasteiger partial charge in [0.15, 0.2) is 0 Å². The van der Waals surface area contributed by atoms with Gasteiger partial charge in [-0.05, 0) is 43.8 Å². The lowest BCUT2D eigenvalue weighted by molar-refractivity contribution is 0.102. The number of anilines is 2. The van der Waals surface area contributed by atoms with Crippen molar-refractivity contribution in [1.82, 2.24) is 4.90 Å². The lowest BCUT2D eigenvalue weighted by atomic mass is 10.1. The van der Waals surface area contributed by atoms with Gasteiger partial charge in [-0.25, -0.2) is 0 Å². The summed E-state index contributed by atoms with van der Waals surface area (Å²) in [4.78, 5) is 17.2. The molecular weight excluding hydrogens is 322 g/mol. The Kier molecular flexibility index (Phi) is 5.07. The van der Waals surface area contributed by atoms with E-state index in [0.29, 0.717) is 10.6 Å². The van der Waals surface area contributed by atoms with Crippen LogP contribution in [0, 0.1) is 6.92 Å². The van der Waals surface area contributed by atoms with E-state index in [9.17, 15) is 4.79 Å². The summed E-state index contributed by atoms with van der Waals surface area (Å²) in [6.45, 7) is 5.90. The molecule has 2 aromatic carbocycles. The highest BCUT2D eigenvalue weighted by molar-refractivity contribution is 6.34. The monoisotopic (exact) mass is 343 g/mol. The van der Waals surface area contributed by atoms with Gasteiger partial charge >= 0.3 is 0 Å². The highest BCUT2D eigenvalue weighted by Gasteiger charge is 2.18. The maximum atomic E-state index is 12.6. The Labute approximate surface area is 148 Å². The van der Waals surface area contributed by atoms with Crippen LogP contribution in [0.2, 0.25) is 5.02 Å². The summed E-state index contributed by atoms with van der Waals surface area (Å²) in [6, 6.07) is 13.4. The van der Waals surface area contributed by atoms with Crippen molar-refractivity contribution >= 4 is 28.9 Å². The van der Waals surface area contributed by atoms with E-state index in [2.05, 4.69) is 28.2 Å². The Morgan fingerprint density at radius 2 is 1.79 bits per heavy atom. The largest absolute Gasteiger partial charge is 0.367 e. The molecule has 4 nitrogen and oxygen atoms in total. The number of likely N-dealkylation sites (N-methyl/N-ethyl adjacent to an activating group) is 1. The number of hydrogen-bond acceptors (Lipinski definition) is 3. The quantitative estimate of drug-likeness (QED) is 0.924. The first-order chi connectivity index (χ1) is 11.5. The molecule has 1 fully saturated rings. The molecule has 0 aromatic heterocycles. The van der Waals surface area contributed by atoms with E-state index in [1.165, 1.54) is 0 Å². The molecule has 1 saturated heterocycles. The molecule has 126 valence electrons. The van der Waals surface area contributed by atoms with Crippen LogP contribution >= 0.6 is 11.6 Å². The summed E-state index contributed by atoms with van der Waals surface area (Å²) in [7, 11) is 2.13. The third kappa shape index (κ3) is 3.71. The minimum absolute atomic E-state index is 0.179. The van der Waals surface area contributed by atoms with Crippen LogP contribution in [-0.4, -0.2) is 44.0 Å². The van der Waals surface area contributed by atoms with Gasteiger partial charge in [0.05, 0.1) is 22.0 Å². The summed E-state index contributed by atoms with van der Waals surface area (Å²) < 4.78 is 0. The minimum Gasteiger partial charge on any atom is -0.367 e. The molecule has 0 aliphatic carbocycles. The number of nitrogens with zero attached hydrogens (tertiary/aromatic N) is 2. The first-order valence-corrected chi connectivity index (χ1v) is 8.52. The molecular formula is C19H22ClN3O. The lowest BCUT2D eigenvalue weighted by Crippen LogP contribution is -2.44. The van der Waals surface area contributed by atoms with Crippen molar-refractivity contribution in [3.05, 3.63) is 58.6 Å². The fourth-order valence-electron chi connectivity index (χ4n) is 2.90. The number of piperazine rings is 1. The number of benzene rings is 2. The van der Waals surface area contributed by atoms with Crippen molar-refractivity contribution in [2.45, 2.75) is 6.92 Å². The molecule has 1 amide bonds. The molecule has 2 aromatic rings. The van der Waals surface area contributed by atoms with E-state index in [1.54, 1.807) is 6.07 Å². The standard InChI is InChI=1S/C19H22ClN3O/c1-14-7-8-15(16(20)13-14)19(24)21-17-5-3-4-6-18(17)23-11-9-22(2)10-12-23/h3-8,13H,9-12H2,1-2H3,(H,21,24). The van der Waals surface area contributed by atoms with Crippen LogP contribution < -0.4 is 10.2 Å². The molecule has 1 aliphatic heterocycles. The molecule has 0 spiro atoms. The van der Waals surface area contributed by atoms with Gasteiger partial charge in [0.25, 0.3) is 5.91 Å². The second kappa shape index (κ2) is 7.24. The van der Waals surface area contributed by atoms with E-state index in [0.717, 1.165) is 43.1 Å². The van der Waals surface area contributed by atoms with Crippen molar-refractivity contribution < 1.29 is 4.79 Å². The van der Waals surface area contributed by atoms with Gasteiger partial charge in [-0.3, -0.25) is 4.79 Å². The van der Waals surface area contributed by atoms with Gasteiger partial charge in [0, 0.05) is 26.2 Å². The maximum absolute atomic E-state index is 12.6. The van der Waals surface area contributed by atoms with Crippen LogP contribution in [0.15, 0.2) is 42.5 Å². The number of aryl methyl sites for hydroxylation is 1. The van der Waals surface area contributed by atoms with Gasteiger partial charge in [0.1, 0.15) is 0 Å². The van der Waals surface area contributed by atoms with E-state index in [4.69, 9.17) is 11.6 Å². The number of amides is 1. The molecule has 0 bridgehead atoms. The zero-order valence-electron chi connectivity index (χ0n) is 14.1. The SMILES string of the molecule is Cc1ccc(C(=O)Nc2ccccc2N2CCN(C)CC2)c(Cl)c1. The second-order valence-electron chi connectivity index (χ2n) is 6.24. The minimum atomic E-state index is -0.179. The fraction of sp³-hybridized carbons (Fsp3) is 0.316. The van der Waals surface area contributed by atoms with Crippen LogP contribution in [0.5, 0.6) is 0 Å². The van der Waals surface area contributed by atoms with Crippen LogP contribution in [0.3, 0.4) is 0 Å². The number of carbonyl (C=O) groups is 1. The van der Waals surface area contributed by atoms with Gasteiger partial charge in [-0.2, -0.15) is 0 Å². The van der Waals surface area contributed by atoms with Crippen molar-refractivity contribution in [3.63, 3.8) is 0 Å². The van der Waals surface area contributed by atoms with Gasteiger partial charge in [-0.1, -0.05) is 29.8 Å². The molecule has 1 heterocycles. The second-order valence-corrected chi connectivity index (χ2v) is 6.65. The van der Waals surface area contributed by atoms with Crippen molar-refractivity contribution in [2.24, 2.45) is 0 Å². The van der Waals surface area contributed by atoms with Crippen LogP contribution in [0.25, 0.3) is 0 Å². The average molecular weight is 344 g/mol. The van der Waals surface area contributed by atoms with Crippen LogP contribution in [0.4, 0.5) is 11.4 Å². The van der Waals surface area contributed by atoms with Crippen LogP contribution in [-0.2, 0) is 0 Å². The molecule has 0 unspecified atom stereocenters. The highest BCUT2D eigenvalue weighted by atomic mass is 35.5. The molecule has 0 saturated carbocycles. The number of hydrogen-bond donors (Lipinski definition) is 1. The van der Waals surface area contributed by atoms with Crippen LogP contribution in [0.1, 0.15) is 15.9 Å². The van der Waals surface area contributed by atoms with E-state index >= 15 is 0 Å². The zero-order chi connectivity index (χ0) is 17.1. The molecule has 0 radical (unpaired) electrons. The van der Waals surface area contributed by atoms with Crippen molar-refractivity contribution in [2.75, 3.05) is 43.4 Å². The van der Waals surface area contributed by atoms with E-state index < -0.39 is 0 Å². The summed E-state index contributed by atoms with van der Waals surface area (Å²) in [5.41, 5.74) is 3.41. The highest BCUT2D eigenvalue weighted by Crippen LogP contribution is 2.28. The third-order valence-electron chi connectivity index (χ3n) is 4.37. The molecule has 3 rings (SSSR count). The Balaban J connectivity index is 1.81. The lowest BCUT2D eigenvalue weighted by Gasteiger charge is -2.35. The summed E-state index contributed by atoms with van der Waals surface area (Å²) in [5, 5.41) is 3.49. The molecule has 1 N–H and O–H groups in total. The van der Waals surface area contributed by atoms with Crippen molar-refractivity contribution in [3.8, 4) is 0 Å². The Morgan fingerprint density at radius 3 is 2.50 bits per heavy atom. The number of carbonyl (C=O) groups excluding carboxylic acids is 1. The first kappa shape index (κ1) is 16.8. The number of halogens is 1. The van der Waals surface area contributed by atoms with Gasteiger partial charge < -0.3 is 15.1 Å². The summed E-state index contributed by atoms with van der Waals surface area (Å²) in [5.74, 6) is -0.179. The number of nitrogens with one attached hydrogen (secondary N) is 1. The van der Waals surface area contributed by atoms with E-state index in [1.807, 2.05) is 37.3 Å². The summed E-state index contributed by atoms with van der Waals surface area (Å²) in [6.07, 6.45) is 0. The normalized spacial score (nSPS) is 15.4. The topological polar surface area (TPSA) is 35.6 Å². The zero-order valence-corrected chi connectivity index (χ0v) is 14.8. The molecule has 5 heteroatoms. The molecule has 1 aliphatic rings. The maximum Gasteiger partial charge on any atom is 0.257 e. The van der Waals surface area contributed by atoms with Crippen molar-refractivity contribution in [1.29, 1.82) is 0 Å². The Morgan fingerprint density at radius 1 is 1.08 bits per heavy atom. The Hall–Kier alpha value is -2.04. The van der Waals surface area contributed by atoms with Gasteiger partial charge in [-0.15, -0.1) is 0 Å². The smallest absolute Gasteiger partial charge is 0.257 e. The average Bonchev–Trinajstić information content (AvgIpc) is 2.56. The third-order valence-corrected chi connectivity index (χ3v) is 4.68. The molecule has 0 atom stereocenters. The number of rotatable bonds is 3. The Bertz CT molecular complexity index is 739. The molecule has 24 heavy (non-hydrogen) atoms. The van der Waals surface area contributed by atoms with E-state index in [-0.39, 0.29) is 5.91 Å². The van der Waals surface area contributed by atoms with Gasteiger partial charge in [0.2, 0.25) is 0 Å². The predicted octanol–water partition coefficient (Wildman–Crippen LogP) is 3.65. The predicted molar refractivity (Wildman–Crippen MR) is 100 cm³/mol. The first-order valence-electron chi connectivity index (χ1n) is 8.14. The fourth-order valence-corrected chi connectivity index (χ4v) is 3.22.